The van der Waals surface area contributed by atoms with E-state index in [9.17, 15) is 0 Å². The van der Waals surface area contributed by atoms with E-state index in [2.05, 4.69) is 20.4 Å². The molecule has 1 aromatic carbocycles. The number of hydrogen-bond donors (Lipinski definition) is 1. The Morgan fingerprint density at radius 2 is 1.89 bits per heavy atom. The molecule has 1 N–H and O–H groups in total. The fourth-order valence-electron chi connectivity index (χ4n) is 1.67. The van der Waals surface area contributed by atoms with Crippen LogP contribution in [0.4, 0.5) is 0 Å². The first-order valence-electron chi connectivity index (χ1n) is 5.33. The van der Waals surface area contributed by atoms with Crippen LogP contribution in [0.1, 0.15) is 0 Å². The Hall–Kier alpha value is -2.21. The van der Waals surface area contributed by atoms with E-state index in [1.54, 1.807) is 13.3 Å². The molecular weight excluding hydrogens is 248 g/mol. The summed E-state index contributed by atoms with van der Waals surface area (Å²) in [5.41, 5.74) is 2.55. The van der Waals surface area contributed by atoms with E-state index in [1.165, 1.54) is 11.3 Å². The number of methoxy groups -OCH3 is 1. The lowest BCUT2D eigenvalue weighted by atomic mass is 10.1. The number of ether oxygens (including phenoxy) is 1. The van der Waals surface area contributed by atoms with Crippen molar-refractivity contribution in [2.24, 2.45) is 0 Å². The van der Waals surface area contributed by atoms with Crippen LogP contribution in [0.5, 0.6) is 5.75 Å². The number of nitrogens with zero attached hydrogens (tertiary/aromatic N) is 3. The number of thiazole rings is 1. The van der Waals surface area contributed by atoms with Gasteiger partial charge in [0.2, 0.25) is 0 Å². The maximum Gasteiger partial charge on any atom is 0.149 e. The highest BCUT2D eigenvalue weighted by molar-refractivity contribution is 7.13. The van der Waals surface area contributed by atoms with Crippen LogP contribution < -0.4 is 4.74 Å². The molecule has 0 atom stereocenters. The summed E-state index contributed by atoms with van der Waals surface area (Å²) in [6, 6.07) is 7.70. The molecule has 2 aromatic heterocycles. The van der Waals surface area contributed by atoms with Crippen molar-refractivity contribution < 1.29 is 4.74 Å². The normalized spacial score (nSPS) is 10.5. The number of benzene rings is 1. The summed E-state index contributed by atoms with van der Waals surface area (Å²) in [4.78, 5) is 4.25. The van der Waals surface area contributed by atoms with Crippen LogP contribution in [0, 0.1) is 0 Å². The van der Waals surface area contributed by atoms with Crippen molar-refractivity contribution in [1.82, 2.24) is 20.4 Å². The summed E-state index contributed by atoms with van der Waals surface area (Å²) in [6.45, 7) is 0. The second kappa shape index (κ2) is 4.58. The van der Waals surface area contributed by atoms with Gasteiger partial charge >= 0.3 is 0 Å². The summed E-state index contributed by atoms with van der Waals surface area (Å²) in [5.74, 6) is 0.818. The Morgan fingerprint density at radius 1 is 1.11 bits per heavy atom. The summed E-state index contributed by atoms with van der Waals surface area (Å²) < 4.78 is 5.13. The molecule has 0 radical (unpaired) electrons. The second-order valence-corrected chi connectivity index (χ2v) is 4.48. The number of rotatable bonds is 3. The van der Waals surface area contributed by atoms with Gasteiger partial charge in [0.1, 0.15) is 22.1 Å². The Kier molecular flexibility index (Phi) is 2.77. The number of aromatic nitrogens is 4. The Labute approximate surface area is 107 Å². The van der Waals surface area contributed by atoms with Gasteiger partial charge in [0.05, 0.1) is 7.11 Å². The Morgan fingerprint density at radius 3 is 2.56 bits per heavy atom. The quantitative estimate of drug-likeness (QED) is 0.784. The molecule has 0 aliphatic heterocycles. The van der Waals surface area contributed by atoms with Crippen LogP contribution in [-0.4, -0.2) is 27.5 Å². The molecule has 6 heteroatoms. The summed E-state index contributed by atoms with van der Waals surface area (Å²) >= 11 is 1.54. The summed E-state index contributed by atoms with van der Waals surface area (Å²) in [6.07, 6.45) is 1.76. The predicted octanol–water partition coefficient (Wildman–Crippen LogP) is 2.60. The van der Waals surface area contributed by atoms with Crippen LogP contribution in [0.3, 0.4) is 0 Å². The van der Waals surface area contributed by atoms with Crippen molar-refractivity contribution in [3.8, 4) is 27.7 Å². The van der Waals surface area contributed by atoms with E-state index in [4.69, 9.17) is 4.74 Å². The van der Waals surface area contributed by atoms with Crippen molar-refractivity contribution in [3.63, 3.8) is 0 Å². The lowest BCUT2D eigenvalue weighted by Crippen LogP contribution is -1.85. The average molecular weight is 258 g/mol. The fourth-order valence-corrected chi connectivity index (χ4v) is 2.30. The highest BCUT2D eigenvalue weighted by Gasteiger charge is 2.14. The molecule has 3 rings (SSSR count). The maximum atomic E-state index is 5.13. The zero-order chi connectivity index (χ0) is 12.4. The lowest BCUT2D eigenvalue weighted by molar-refractivity contribution is 0.415. The van der Waals surface area contributed by atoms with Crippen molar-refractivity contribution in [2.75, 3.05) is 7.11 Å². The van der Waals surface area contributed by atoms with E-state index >= 15 is 0 Å². The van der Waals surface area contributed by atoms with Crippen molar-refractivity contribution >= 4 is 11.3 Å². The summed E-state index contributed by atoms with van der Waals surface area (Å²) in [7, 11) is 1.64. The zero-order valence-corrected chi connectivity index (χ0v) is 10.4. The molecule has 0 saturated heterocycles. The smallest absolute Gasteiger partial charge is 0.149 e. The minimum atomic E-state index is 0.773. The monoisotopic (exact) mass is 258 g/mol. The molecule has 5 nitrogen and oxygen atoms in total. The first kappa shape index (κ1) is 10.9. The maximum absolute atomic E-state index is 5.13. The molecule has 0 aliphatic rings. The van der Waals surface area contributed by atoms with Crippen molar-refractivity contribution in [3.05, 3.63) is 35.8 Å². The predicted molar refractivity (Wildman–Crippen MR) is 69.5 cm³/mol. The molecule has 0 unspecified atom stereocenters. The molecule has 0 saturated carbocycles. The van der Waals surface area contributed by atoms with Crippen LogP contribution in [0.25, 0.3) is 22.0 Å². The van der Waals surface area contributed by atoms with Gasteiger partial charge in [-0.05, 0) is 24.3 Å². The highest BCUT2D eigenvalue weighted by atomic mass is 32.1. The molecule has 0 bridgehead atoms. The van der Waals surface area contributed by atoms with Gasteiger partial charge in [0.25, 0.3) is 0 Å². The van der Waals surface area contributed by atoms with Gasteiger partial charge in [-0.1, -0.05) is 0 Å². The first-order valence-corrected chi connectivity index (χ1v) is 6.21. The fraction of sp³-hybridized carbons (Fsp3) is 0.0833. The van der Waals surface area contributed by atoms with Gasteiger partial charge in [-0.2, -0.15) is 15.4 Å². The second-order valence-electron chi connectivity index (χ2n) is 3.59. The van der Waals surface area contributed by atoms with E-state index in [1.807, 2.05) is 29.6 Å². The van der Waals surface area contributed by atoms with Crippen LogP contribution in [-0.2, 0) is 0 Å². The van der Waals surface area contributed by atoms with Gasteiger partial charge in [-0.3, -0.25) is 0 Å². The number of hydrogen-bond acceptors (Lipinski definition) is 5. The topological polar surface area (TPSA) is 63.7 Å². The van der Waals surface area contributed by atoms with Gasteiger partial charge in [0.15, 0.2) is 0 Å². The third-order valence-corrected chi connectivity index (χ3v) is 3.33. The molecular formula is C12H10N4OS. The molecule has 3 aromatic rings. The Bertz CT molecular complexity index is 630. The zero-order valence-electron chi connectivity index (χ0n) is 9.62. The van der Waals surface area contributed by atoms with Crippen LogP contribution in [0.2, 0.25) is 0 Å². The minimum Gasteiger partial charge on any atom is -0.497 e. The van der Waals surface area contributed by atoms with Crippen molar-refractivity contribution in [1.29, 1.82) is 0 Å². The first-order chi connectivity index (χ1) is 8.88. The number of H-pyrrole nitrogens is 1. The van der Waals surface area contributed by atoms with Gasteiger partial charge < -0.3 is 4.74 Å². The van der Waals surface area contributed by atoms with Gasteiger partial charge in [0, 0.05) is 17.1 Å². The van der Waals surface area contributed by atoms with E-state index in [0.29, 0.717) is 0 Å². The molecule has 18 heavy (non-hydrogen) atoms. The highest BCUT2D eigenvalue weighted by Crippen LogP contribution is 2.30. The molecule has 90 valence electrons. The molecule has 2 heterocycles. The lowest BCUT2D eigenvalue weighted by Gasteiger charge is -2.01. The third kappa shape index (κ3) is 1.86. The van der Waals surface area contributed by atoms with Crippen LogP contribution in [0.15, 0.2) is 35.8 Å². The Balaban J connectivity index is 2.04. The molecule has 0 amide bonds. The van der Waals surface area contributed by atoms with Gasteiger partial charge in [-0.15, -0.1) is 11.3 Å². The average Bonchev–Trinajstić information content (AvgIpc) is 3.09. The SMILES string of the molecule is COc1ccc(-c2n[nH]nc2-c2nccs2)cc1. The van der Waals surface area contributed by atoms with Gasteiger partial charge in [-0.25, -0.2) is 4.98 Å². The molecule has 0 spiro atoms. The van der Waals surface area contributed by atoms with Crippen molar-refractivity contribution in [2.45, 2.75) is 0 Å². The number of aromatic amines is 1. The van der Waals surface area contributed by atoms with E-state index in [0.717, 1.165) is 27.7 Å². The molecule has 0 aliphatic carbocycles. The third-order valence-electron chi connectivity index (χ3n) is 2.55. The van der Waals surface area contributed by atoms with E-state index in [-0.39, 0.29) is 0 Å². The number of nitrogens with one attached hydrogen (secondary N) is 1. The minimum absolute atomic E-state index is 0.773. The molecule has 0 fully saturated rings. The van der Waals surface area contributed by atoms with E-state index < -0.39 is 0 Å². The largest absolute Gasteiger partial charge is 0.497 e. The standard InChI is InChI=1S/C12H10N4OS/c1-17-9-4-2-8(3-5-9)10-11(15-16-14-10)12-13-6-7-18-12/h2-7H,1H3,(H,14,15,16). The summed E-state index contributed by atoms with van der Waals surface area (Å²) in [5, 5.41) is 13.8. The van der Waals surface area contributed by atoms with Crippen LogP contribution >= 0.6 is 11.3 Å².